The zero-order valence-electron chi connectivity index (χ0n) is 16.2. The summed E-state index contributed by atoms with van der Waals surface area (Å²) in [5.41, 5.74) is 2.41. The van der Waals surface area contributed by atoms with Gasteiger partial charge in [0.05, 0.1) is 11.4 Å². The summed E-state index contributed by atoms with van der Waals surface area (Å²) in [5, 5.41) is 0.751. The number of nitrogens with one attached hydrogen (secondary N) is 1. The normalized spacial score (nSPS) is 17.4. The molecule has 4 rings (SSSR count). The van der Waals surface area contributed by atoms with Crippen LogP contribution in [0.3, 0.4) is 0 Å². The molecule has 142 valence electrons. The van der Waals surface area contributed by atoms with Crippen molar-refractivity contribution in [1.29, 1.82) is 0 Å². The number of fused-ring (bicyclic) bond motifs is 1. The number of aryl methyl sites for hydroxylation is 2. The maximum absolute atomic E-state index is 12.6. The minimum Gasteiger partial charge on any atom is -0.309 e. The van der Waals surface area contributed by atoms with E-state index in [2.05, 4.69) is 59.0 Å². The zero-order valence-corrected chi connectivity index (χ0v) is 17.0. The molecule has 1 aliphatic heterocycles. The van der Waals surface area contributed by atoms with Crippen LogP contribution >= 0.6 is 11.3 Å². The Morgan fingerprint density at radius 3 is 2.56 bits per heavy atom. The number of aromatic amines is 1. The van der Waals surface area contributed by atoms with Crippen LogP contribution in [-0.4, -0.2) is 45.9 Å². The van der Waals surface area contributed by atoms with Crippen molar-refractivity contribution in [3.05, 3.63) is 62.5 Å². The summed E-state index contributed by atoms with van der Waals surface area (Å²) in [7, 11) is 0. The summed E-state index contributed by atoms with van der Waals surface area (Å²) < 4.78 is 0. The molecule has 5 nitrogen and oxygen atoms in total. The van der Waals surface area contributed by atoms with Crippen molar-refractivity contribution in [2.75, 3.05) is 26.2 Å². The fraction of sp³-hybridized carbons (Fsp3) is 0.429. The monoisotopic (exact) mass is 382 g/mol. The number of hydrogen-bond acceptors (Lipinski definition) is 5. The molecule has 3 aromatic rings. The van der Waals surface area contributed by atoms with Crippen LogP contribution in [0.1, 0.15) is 34.8 Å². The van der Waals surface area contributed by atoms with E-state index in [1.54, 1.807) is 11.3 Å². The van der Waals surface area contributed by atoms with E-state index in [0.29, 0.717) is 0 Å². The maximum Gasteiger partial charge on any atom is 0.259 e. The second-order valence-electron chi connectivity index (χ2n) is 7.39. The average Bonchev–Trinajstić information content (AvgIpc) is 2.97. The van der Waals surface area contributed by atoms with Gasteiger partial charge in [-0.2, -0.15) is 0 Å². The first-order chi connectivity index (χ1) is 13.0. The molecule has 0 radical (unpaired) electrons. The van der Waals surface area contributed by atoms with Crippen LogP contribution < -0.4 is 5.56 Å². The van der Waals surface area contributed by atoms with Gasteiger partial charge in [-0.1, -0.05) is 30.3 Å². The van der Waals surface area contributed by atoms with Gasteiger partial charge in [0.2, 0.25) is 0 Å². The molecule has 0 bridgehead atoms. The van der Waals surface area contributed by atoms with Crippen LogP contribution in [0.2, 0.25) is 0 Å². The fourth-order valence-electron chi connectivity index (χ4n) is 3.79. The van der Waals surface area contributed by atoms with E-state index in [4.69, 9.17) is 4.98 Å². The number of thiophene rings is 1. The Kier molecular flexibility index (Phi) is 5.12. The smallest absolute Gasteiger partial charge is 0.259 e. The molecule has 1 atom stereocenters. The first-order valence-corrected chi connectivity index (χ1v) is 10.3. The van der Waals surface area contributed by atoms with E-state index in [0.717, 1.165) is 54.3 Å². The first-order valence-electron chi connectivity index (χ1n) is 9.53. The minimum absolute atomic E-state index is 0.00795. The Morgan fingerprint density at radius 1 is 1.15 bits per heavy atom. The van der Waals surface area contributed by atoms with Crippen molar-refractivity contribution >= 4 is 21.6 Å². The average molecular weight is 383 g/mol. The van der Waals surface area contributed by atoms with E-state index >= 15 is 0 Å². The van der Waals surface area contributed by atoms with Gasteiger partial charge in [0.1, 0.15) is 10.7 Å². The van der Waals surface area contributed by atoms with E-state index in [1.165, 1.54) is 10.4 Å². The van der Waals surface area contributed by atoms with Gasteiger partial charge < -0.3 is 4.98 Å². The number of H-pyrrole nitrogens is 1. The Labute approximate surface area is 163 Å². The molecule has 1 N–H and O–H groups in total. The van der Waals surface area contributed by atoms with Crippen LogP contribution in [0.25, 0.3) is 10.2 Å². The van der Waals surface area contributed by atoms with Gasteiger partial charge in [0.15, 0.2) is 0 Å². The molecule has 0 aliphatic carbocycles. The second-order valence-corrected chi connectivity index (χ2v) is 8.59. The molecular weight excluding hydrogens is 356 g/mol. The third kappa shape index (κ3) is 3.70. The van der Waals surface area contributed by atoms with Crippen LogP contribution in [0.5, 0.6) is 0 Å². The standard InChI is InChI=1S/C21H26N4OS/c1-14-16(3)27-21-18(14)20(26)22-19(23-21)15(2)25-11-9-24(10-12-25)13-17-7-5-4-6-8-17/h4-8,15H,9-13H2,1-3H3,(H,22,23,26)/t15-/m1/s1. The van der Waals surface area contributed by atoms with Crippen molar-refractivity contribution < 1.29 is 0 Å². The molecule has 1 fully saturated rings. The highest BCUT2D eigenvalue weighted by Crippen LogP contribution is 2.27. The Morgan fingerprint density at radius 2 is 1.85 bits per heavy atom. The third-order valence-corrected chi connectivity index (χ3v) is 6.76. The van der Waals surface area contributed by atoms with Gasteiger partial charge in [-0.25, -0.2) is 4.98 Å². The Hall–Kier alpha value is -2.02. The molecule has 0 amide bonds. The fourth-order valence-corrected chi connectivity index (χ4v) is 4.83. The SMILES string of the molecule is Cc1sc2nc([C@@H](C)N3CCN(Cc4ccccc4)CC3)[nH]c(=O)c2c1C. The number of benzene rings is 1. The molecule has 0 saturated carbocycles. The van der Waals surface area contributed by atoms with Crippen LogP contribution in [0.4, 0.5) is 0 Å². The van der Waals surface area contributed by atoms with E-state index in [-0.39, 0.29) is 11.6 Å². The lowest BCUT2D eigenvalue weighted by molar-refractivity contribution is 0.0948. The predicted molar refractivity (Wildman–Crippen MR) is 111 cm³/mol. The summed E-state index contributed by atoms with van der Waals surface area (Å²) in [4.78, 5) is 27.3. The van der Waals surface area contributed by atoms with Crippen molar-refractivity contribution in [2.45, 2.75) is 33.4 Å². The van der Waals surface area contributed by atoms with Gasteiger partial charge in [0.25, 0.3) is 5.56 Å². The summed E-state index contributed by atoms with van der Waals surface area (Å²) in [6.45, 7) is 11.2. The van der Waals surface area contributed by atoms with Crippen LogP contribution in [0.15, 0.2) is 35.1 Å². The number of hydrogen-bond donors (Lipinski definition) is 1. The molecule has 1 aromatic carbocycles. The summed E-state index contributed by atoms with van der Waals surface area (Å²) in [6.07, 6.45) is 0. The molecule has 0 unspecified atom stereocenters. The van der Waals surface area contributed by atoms with E-state index in [9.17, 15) is 4.79 Å². The summed E-state index contributed by atoms with van der Waals surface area (Å²) in [5.74, 6) is 0.783. The lowest BCUT2D eigenvalue weighted by Gasteiger charge is -2.37. The quantitative estimate of drug-likeness (QED) is 0.751. The number of aromatic nitrogens is 2. The number of rotatable bonds is 4. The van der Waals surface area contributed by atoms with Gasteiger partial charge in [0, 0.05) is 37.6 Å². The van der Waals surface area contributed by atoms with Crippen molar-refractivity contribution in [2.24, 2.45) is 0 Å². The molecule has 1 saturated heterocycles. The minimum atomic E-state index is -0.00795. The molecule has 0 spiro atoms. The highest BCUT2D eigenvalue weighted by atomic mass is 32.1. The first kappa shape index (κ1) is 18.3. The van der Waals surface area contributed by atoms with Gasteiger partial charge >= 0.3 is 0 Å². The molecular formula is C21H26N4OS. The predicted octanol–water partition coefficient (Wildman–Crippen LogP) is 3.48. The van der Waals surface area contributed by atoms with Crippen molar-refractivity contribution in [3.63, 3.8) is 0 Å². The largest absolute Gasteiger partial charge is 0.309 e. The van der Waals surface area contributed by atoms with Gasteiger partial charge in [-0.05, 0) is 31.9 Å². The topological polar surface area (TPSA) is 52.2 Å². The van der Waals surface area contributed by atoms with E-state index in [1.807, 2.05) is 6.92 Å². The summed E-state index contributed by atoms with van der Waals surface area (Å²) in [6, 6.07) is 10.7. The van der Waals surface area contributed by atoms with E-state index < -0.39 is 0 Å². The number of piperazine rings is 1. The Bertz CT molecular complexity index is 987. The Balaban J connectivity index is 1.45. The molecule has 6 heteroatoms. The van der Waals surface area contributed by atoms with Crippen LogP contribution in [-0.2, 0) is 6.54 Å². The van der Waals surface area contributed by atoms with Gasteiger partial charge in [-0.15, -0.1) is 11.3 Å². The van der Waals surface area contributed by atoms with Crippen molar-refractivity contribution in [3.8, 4) is 0 Å². The molecule has 2 aromatic heterocycles. The van der Waals surface area contributed by atoms with Crippen LogP contribution in [0, 0.1) is 13.8 Å². The van der Waals surface area contributed by atoms with Gasteiger partial charge in [-0.3, -0.25) is 14.6 Å². The van der Waals surface area contributed by atoms with Crippen molar-refractivity contribution in [1.82, 2.24) is 19.8 Å². The molecule has 3 heterocycles. The molecule has 27 heavy (non-hydrogen) atoms. The second kappa shape index (κ2) is 7.54. The highest BCUT2D eigenvalue weighted by molar-refractivity contribution is 7.18. The highest BCUT2D eigenvalue weighted by Gasteiger charge is 2.24. The molecule has 1 aliphatic rings. The lowest BCUT2D eigenvalue weighted by atomic mass is 10.1. The lowest BCUT2D eigenvalue weighted by Crippen LogP contribution is -2.47. The zero-order chi connectivity index (χ0) is 19.0. The number of nitrogens with zero attached hydrogens (tertiary/aromatic N) is 3. The summed E-state index contributed by atoms with van der Waals surface area (Å²) >= 11 is 1.61. The maximum atomic E-state index is 12.6. The third-order valence-electron chi connectivity index (χ3n) is 5.66.